The van der Waals surface area contributed by atoms with E-state index in [4.69, 9.17) is 14.7 Å². The maximum absolute atomic E-state index is 11.5. The van der Waals surface area contributed by atoms with Gasteiger partial charge in [0, 0.05) is 6.07 Å². The summed E-state index contributed by atoms with van der Waals surface area (Å²) in [7, 11) is 3.04. The Morgan fingerprint density at radius 1 is 1.41 bits per heavy atom. The smallest absolute Gasteiger partial charge is 0.241 e. The first-order chi connectivity index (χ1) is 8.12. The Morgan fingerprint density at radius 2 is 2.12 bits per heavy atom. The first-order valence-electron chi connectivity index (χ1n) is 5.05. The molecule has 1 unspecified atom stereocenters. The SMILES string of the molecule is COc1ccc(NC(=O)C(C)C#N)c(OC)c1. The van der Waals surface area contributed by atoms with Crippen molar-refractivity contribution in [1.29, 1.82) is 5.26 Å². The second kappa shape index (κ2) is 5.75. The van der Waals surface area contributed by atoms with Crippen LogP contribution in [0.2, 0.25) is 0 Å². The summed E-state index contributed by atoms with van der Waals surface area (Å²) in [6.45, 7) is 1.53. The lowest BCUT2D eigenvalue weighted by Gasteiger charge is -2.12. The molecule has 0 spiro atoms. The molecule has 5 nitrogen and oxygen atoms in total. The Labute approximate surface area is 100.0 Å². The van der Waals surface area contributed by atoms with Gasteiger partial charge in [0.05, 0.1) is 26.0 Å². The predicted octanol–water partition coefficient (Wildman–Crippen LogP) is 1.80. The van der Waals surface area contributed by atoms with E-state index in [1.54, 1.807) is 25.3 Å². The highest BCUT2D eigenvalue weighted by Gasteiger charge is 2.14. The van der Waals surface area contributed by atoms with Gasteiger partial charge in [-0.05, 0) is 19.1 Å². The molecule has 1 N–H and O–H groups in total. The van der Waals surface area contributed by atoms with Crippen LogP contribution in [-0.4, -0.2) is 20.1 Å². The predicted molar refractivity (Wildman–Crippen MR) is 63.0 cm³/mol. The fraction of sp³-hybridized carbons (Fsp3) is 0.333. The van der Waals surface area contributed by atoms with E-state index in [-0.39, 0.29) is 5.91 Å². The lowest BCUT2D eigenvalue weighted by atomic mass is 10.2. The highest BCUT2D eigenvalue weighted by atomic mass is 16.5. The molecule has 0 saturated heterocycles. The average Bonchev–Trinajstić information content (AvgIpc) is 2.37. The average molecular weight is 234 g/mol. The number of rotatable bonds is 4. The van der Waals surface area contributed by atoms with Crippen LogP contribution in [-0.2, 0) is 4.79 Å². The number of benzene rings is 1. The monoisotopic (exact) mass is 234 g/mol. The molecule has 17 heavy (non-hydrogen) atoms. The van der Waals surface area contributed by atoms with Gasteiger partial charge in [-0.25, -0.2) is 0 Å². The molecule has 0 aliphatic rings. The van der Waals surface area contributed by atoms with Crippen LogP contribution in [0.4, 0.5) is 5.69 Å². The second-order valence-corrected chi connectivity index (χ2v) is 3.41. The molecule has 1 aromatic carbocycles. The van der Waals surface area contributed by atoms with Gasteiger partial charge >= 0.3 is 0 Å². The van der Waals surface area contributed by atoms with E-state index in [0.29, 0.717) is 17.2 Å². The lowest BCUT2D eigenvalue weighted by molar-refractivity contribution is -0.117. The van der Waals surface area contributed by atoms with Gasteiger partial charge in [0.2, 0.25) is 5.91 Å². The van der Waals surface area contributed by atoms with Crippen LogP contribution >= 0.6 is 0 Å². The minimum atomic E-state index is -0.707. The van der Waals surface area contributed by atoms with E-state index >= 15 is 0 Å². The zero-order chi connectivity index (χ0) is 12.8. The van der Waals surface area contributed by atoms with E-state index in [1.165, 1.54) is 14.0 Å². The van der Waals surface area contributed by atoms with E-state index in [0.717, 1.165) is 0 Å². The van der Waals surface area contributed by atoms with E-state index in [1.807, 2.05) is 6.07 Å². The van der Waals surface area contributed by atoms with Crippen molar-refractivity contribution in [2.75, 3.05) is 19.5 Å². The quantitative estimate of drug-likeness (QED) is 0.862. The van der Waals surface area contributed by atoms with Crippen molar-refractivity contribution in [3.05, 3.63) is 18.2 Å². The zero-order valence-electron chi connectivity index (χ0n) is 9.98. The molecule has 0 aliphatic heterocycles. The highest BCUT2D eigenvalue weighted by molar-refractivity contribution is 5.95. The van der Waals surface area contributed by atoms with E-state index in [2.05, 4.69) is 5.32 Å². The van der Waals surface area contributed by atoms with Crippen molar-refractivity contribution in [2.45, 2.75) is 6.92 Å². The number of hydrogen-bond acceptors (Lipinski definition) is 4. The van der Waals surface area contributed by atoms with Crippen molar-refractivity contribution < 1.29 is 14.3 Å². The summed E-state index contributed by atoms with van der Waals surface area (Å²) >= 11 is 0. The lowest BCUT2D eigenvalue weighted by Crippen LogP contribution is -2.19. The molecule has 0 aromatic heterocycles. The Morgan fingerprint density at radius 3 is 2.65 bits per heavy atom. The Balaban J connectivity index is 2.92. The van der Waals surface area contributed by atoms with Gasteiger partial charge < -0.3 is 14.8 Å². The first kappa shape index (κ1) is 12.8. The molecule has 5 heteroatoms. The summed E-state index contributed by atoms with van der Waals surface area (Å²) < 4.78 is 10.2. The van der Waals surface area contributed by atoms with Crippen LogP contribution < -0.4 is 14.8 Å². The third-order valence-corrected chi connectivity index (χ3v) is 2.25. The molecule has 1 aromatic rings. The van der Waals surface area contributed by atoms with Gasteiger partial charge in [-0.3, -0.25) is 4.79 Å². The fourth-order valence-electron chi connectivity index (χ4n) is 1.20. The van der Waals surface area contributed by atoms with Gasteiger partial charge in [-0.15, -0.1) is 0 Å². The third kappa shape index (κ3) is 3.11. The molecule has 0 aliphatic carbocycles. The molecule has 90 valence electrons. The van der Waals surface area contributed by atoms with Crippen molar-refractivity contribution in [3.63, 3.8) is 0 Å². The van der Waals surface area contributed by atoms with Gasteiger partial charge in [-0.2, -0.15) is 5.26 Å². The van der Waals surface area contributed by atoms with Crippen molar-refractivity contribution in [3.8, 4) is 17.6 Å². The van der Waals surface area contributed by atoms with Crippen LogP contribution in [0.5, 0.6) is 11.5 Å². The van der Waals surface area contributed by atoms with Gasteiger partial charge in [0.15, 0.2) is 0 Å². The molecular weight excluding hydrogens is 220 g/mol. The number of hydrogen-bond donors (Lipinski definition) is 1. The van der Waals surface area contributed by atoms with Crippen LogP contribution in [0, 0.1) is 17.2 Å². The Kier molecular flexibility index (Phi) is 4.35. The highest BCUT2D eigenvalue weighted by Crippen LogP contribution is 2.29. The summed E-state index contributed by atoms with van der Waals surface area (Å²) in [5.41, 5.74) is 0.514. The Bertz CT molecular complexity index is 452. The second-order valence-electron chi connectivity index (χ2n) is 3.41. The van der Waals surface area contributed by atoms with E-state index in [9.17, 15) is 4.79 Å². The molecule has 0 bridgehead atoms. The normalized spacial score (nSPS) is 11.2. The number of nitrogens with zero attached hydrogens (tertiary/aromatic N) is 1. The van der Waals surface area contributed by atoms with Crippen molar-refractivity contribution >= 4 is 11.6 Å². The third-order valence-electron chi connectivity index (χ3n) is 2.25. The molecule has 1 amide bonds. The maximum Gasteiger partial charge on any atom is 0.241 e. The van der Waals surface area contributed by atoms with Crippen molar-refractivity contribution in [2.24, 2.45) is 5.92 Å². The summed E-state index contributed by atoms with van der Waals surface area (Å²) in [6, 6.07) is 6.90. The topological polar surface area (TPSA) is 71.3 Å². The minimum Gasteiger partial charge on any atom is -0.497 e. The maximum atomic E-state index is 11.5. The number of carbonyl (C=O) groups excluding carboxylic acids is 1. The molecule has 0 saturated carbocycles. The number of carbonyl (C=O) groups is 1. The van der Waals surface area contributed by atoms with Crippen LogP contribution in [0.25, 0.3) is 0 Å². The first-order valence-corrected chi connectivity index (χ1v) is 5.05. The number of amides is 1. The minimum absolute atomic E-state index is 0.365. The fourth-order valence-corrected chi connectivity index (χ4v) is 1.20. The molecular formula is C12H14N2O3. The molecule has 0 fully saturated rings. The van der Waals surface area contributed by atoms with Crippen LogP contribution in [0.1, 0.15) is 6.92 Å². The number of nitrogens with one attached hydrogen (secondary N) is 1. The number of anilines is 1. The zero-order valence-corrected chi connectivity index (χ0v) is 9.98. The van der Waals surface area contributed by atoms with Crippen LogP contribution in [0.3, 0.4) is 0 Å². The Hall–Kier alpha value is -2.22. The van der Waals surface area contributed by atoms with Crippen LogP contribution in [0.15, 0.2) is 18.2 Å². The largest absolute Gasteiger partial charge is 0.497 e. The number of methoxy groups -OCH3 is 2. The number of nitriles is 1. The molecule has 0 radical (unpaired) electrons. The summed E-state index contributed by atoms with van der Waals surface area (Å²) in [4.78, 5) is 11.5. The summed E-state index contributed by atoms with van der Waals surface area (Å²) in [6.07, 6.45) is 0. The molecule has 1 atom stereocenters. The van der Waals surface area contributed by atoms with Gasteiger partial charge in [0.1, 0.15) is 17.4 Å². The standard InChI is InChI=1S/C12H14N2O3/c1-8(7-13)12(15)14-10-5-4-9(16-2)6-11(10)17-3/h4-6,8H,1-3H3,(H,14,15). The molecule has 1 rings (SSSR count). The van der Waals surface area contributed by atoms with Gasteiger partial charge in [-0.1, -0.05) is 0 Å². The van der Waals surface area contributed by atoms with E-state index < -0.39 is 5.92 Å². The summed E-state index contributed by atoms with van der Waals surface area (Å²) in [5.74, 6) is 0.0498. The van der Waals surface area contributed by atoms with Gasteiger partial charge in [0.25, 0.3) is 0 Å². The summed E-state index contributed by atoms with van der Waals surface area (Å²) in [5, 5.41) is 11.3. The molecule has 0 heterocycles. The van der Waals surface area contributed by atoms with Crippen molar-refractivity contribution in [1.82, 2.24) is 0 Å². The number of ether oxygens (including phenoxy) is 2.